The van der Waals surface area contributed by atoms with Crippen molar-refractivity contribution in [1.29, 1.82) is 0 Å². The molecule has 0 unspecified atom stereocenters. The SMILES string of the molecule is CC[C@@H]1CC[C@@H](C(=O)OC(C)(C)C)[C@H]1N. The predicted octanol–water partition coefficient (Wildman–Crippen LogP) is 2.09. The molecule has 0 aliphatic heterocycles. The van der Waals surface area contributed by atoms with E-state index in [2.05, 4.69) is 6.92 Å². The van der Waals surface area contributed by atoms with E-state index in [9.17, 15) is 4.79 Å². The standard InChI is InChI=1S/C12H23NO2/c1-5-8-6-7-9(10(8)13)11(14)15-12(2,3)4/h8-10H,5-7,13H2,1-4H3/t8-,9-,10+/m1/s1. The van der Waals surface area contributed by atoms with E-state index in [1.807, 2.05) is 20.8 Å². The van der Waals surface area contributed by atoms with E-state index in [1.165, 1.54) is 0 Å². The van der Waals surface area contributed by atoms with Crippen molar-refractivity contribution in [3.63, 3.8) is 0 Å². The lowest BCUT2D eigenvalue weighted by Gasteiger charge is -2.24. The van der Waals surface area contributed by atoms with Crippen molar-refractivity contribution in [3.8, 4) is 0 Å². The van der Waals surface area contributed by atoms with E-state index in [0.29, 0.717) is 5.92 Å². The molecule has 15 heavy (non-hydrogen) atoms. The van der Waals surface area contributed by atoms with Crippen molar-refractivity contribution < 1.29 is 9.53 Å². The second kappa shape index (κ2) is 4.52. The molecule has 0 aromatic carbocycles. The summed E-state index contributed by atoms with van der Waals surface area (Å²) in [6.45, 7) is 7.80. The van der Waals surface area contributed by atoms with E-state index < -0.39 is 5.60 Å². The van der Waals surface area contributed by atoms with Crippen LogP contribution in [0, 0.1) is 11.8 Å². The van der Waals surface area contributed by atoms with Gasteiger partial charge in [0, 0.05) is 6.04 Å². The number of nitrogens with two attached hydrogens (primary N) is 1. The van der Waals surface area contributed by atoms with Gasteiger partial charge in [0.05, 0.1) is 5.92 Å². The van der Waals surface area contributed by atoms with Gasteiger partial charge >= 0.3 is 5.97 Å². The maximum atomic E-state index is 11.8. The minimum Gasteiger partial charge on any atom is -0.460 e. The molecule has 1 fully saturated rings. The quantitative estimate of drug-likeness (QED) is 0.715. The van der Waals surface area contributed by atoms with Crippen LogP contribution in [-0.4, -0.2) is 17.6 Å². The zero-order chi connectivity index (χ0) is 11.6. The molecule has 1 aliphatic carbocycles. The molecule has 88 valence electrons. The minimum absolute atomic E-state index is 0.00940. The number of carbonyl (C=O) groups excluding carboxylic acids is 1. The van der Waals surface area contributed by atoms with Crippen LogP contribution < -0.4 is 5.73 Å². The maximum Gasteiger partial charge on any atom is 0.311 e. The molecule has 0 aromatic heterocycles. The molecule has 1 saturated carbocycles. The van der Waals surface area contributed by atoms with Crippen molar-refractivity contribution in [3.05, 3.63) is 0 Å². The first-order valence-corrected chi connectivity index (χ1v) is 5.83. The summed E-state index contributed by atoms with van der Waals surface area (Å²) < 4.78 is 5.37. The molecule has 0 saturated heterocycles. The summed E-state index contributed by atoms with van der Waals surface area (Å²) in [4.78, 5) is 11.8. The summed E-state index contributed by atoms with van der Waals surface area (Å²) in [6, 6.07) is -0.00940. The van der Waals surface area contributed by atoms with Crippen molar-refractivity contribution in [2.75, 3.05) is 0 Å². The minimum atomic E-state index is -0.402. The van der Waals surface area contributed by atoms with Gasteiger partial charge in [-0.1, -0.05) is 13.3 Å². The van der Waals surface area contributed by atoms with Gasteiger partial charge in [0.25, 0.3) is 0 Å². The molecular weight excluding hydrogens is 190 g/mol. The van der Waals surface area contributed by atoms with Gasteiger partial charge in [-0.2, -0.15) is 0 Å². The third kappa shape index (κ3) is 3.20. The van der Waals surface area contributed by atoms with Crippen molar-refractivity contribution in [2.45, 2.75) is 58.6 Å². The first-order valence-electron chi connectivity index (χ1n) is 5.83. The maximum absolute atomic E-state index is 11.8. The van der Waals surface area contributed by atoms with Gasteiger partial charge in [0.2, 0.25) is 0 Å². The van der Waals surface area contributed by atoms with Gasteiger partial charge in [-0.3, -0.25) is 4.79 Å². The fourth-order valence-corrected chi connectivity index (χ4v) is 2.24. The van der Waals surface area contributed by atoms with E-state index in [-0.39, 0.29) is 17.9 Å². The van der Waals surface area contributed by atoms with E-state index >= 15 is 0 Å². The normalized spacial score (nSPS) is 31.7. The van der Waals surface area contributed by atoms with Crippen LogP contribution in [-0.2, 0) is 9.53 Å². The van der Waals surface area contributed by atoms with Crippen LogP contribution in [0.2, 0.25) is 0 Å². The second-order valence-corrected chi connectivity index (χ2v) is 5.46. The third-order valence-electron chi connectivity index (χ3n) is 3.09. The van der Waals surface area contributed by atoms with Gasteiger partial charge in [0.15, 0.2) is 0 Å². The smallest absolute Gasteiger partial charge is 0.311 e. The average Bonchev–Trinajstić information content (AvgIpc) is 2.43. The predicted molar refractivity (Wildman–Crippen MR) is 60.3 cm³/mol. The Labute approximate surface area is 92.4 Å². The molecule has 3 atom stereocenters. The second-order valence-electron chi connectivity index (χ2n) is 5.46. The van der Waals surface area contributed by atoms with Crippen molar-refractivity contribution in [1.82, 2.24) is 0 Å². The Morgan fingerprint density at radius 3 is 2.40 bits per heavy atom. The van der Waals surface area contributed by atoms with Crippen molar-refractivity contribution in [2.24, 2.45) is 17.6 Å². The molecule has 1 aliphatic rings. The number of hydrogen-bond donors (Lipinski definition) is 1. The first-order chi connectivity index (χ1) is 6.85. The summed E-state index contributed by atoms with van der Waals surface area (Å²) in [6.07, 6.45) is 3.00. The highest BCUT2D eigenvalue weighted by Gasteiger charge is 2.38. The monoisotopic (exact) mass is 213 g/mol. The number of rotatable bonds is 2. The average molecular weight is 213 g/mol. The number of hydrogen-bond acceptors (Lipinski definition) is 3. The highest BCUT2D eigenvalue weighted by Crippen LogP contribution is 2.33. The summed E-state index contributed by atoms with van der Waals surface area (Å²) in [7, 11) is 0. The molecule has 0 heterocycles. The largest absolute Gasteiger partial charge is 0.460 e. The Bertz CT molecular complexity index is 232. The lowest BCUT2D eigenvalue weighted by molar-refractivity contribution is -0.160. The molecule has 2 N–H and O–H groups in total. The number of carbonyl (C=O) groups is 1. The number of esters is 1. The Kier molecular flexibility index (Phi) is 3.77. The molecule has 3 nitrogen and oxygen atoms in total. The van der Waals surface area contributed by atoms with E-state index in [4.69, 9.17) is 10.5 Å². The van der Waals surface area contributed by atoms with Crippen molar-refractivity contribution >= 4 is 5.97 Å². The van der Waals surface area contributed by atoms with Crippen LogP contribution in [0.5, 0.6) is 0 Å². The zero-order valence-electron chi connectivity index (χ0n) is 10.2. The Hall–Kier alpha value is -0.570. The molecule has 0 spiro atoms. The van der Waals surface area contributed by atoms with E-state index in [1.54, 1.807) is 0 Å². The van der Waals surface area contributed by atoms with Crippen LogP contribution in [0.25, 0.3) is 0 Å². The van der Waals surface area contributed by atoms with Crippen LogP contribution >= 0.6 is 0 Å². The van der Waals surface area contributed by atoms with Crippen LogP contribution in [0.3, 0.4) is 0 Å². The summed E-state index contributed by atoms with van der Waals surface area (Å²) in [5.41, 5.74) is 5.65. The molecule has 1 rings (SSSR count). The van der Waals surface area contributed by atoms with Gasteiger partial charge in [-0.05, 0) is 39.5 Å². The summed E-state index contributed by atoms with van der Waals surface area (Å²) >= 11 is 0. The summed E-state index contributed by atoms with van der Waals surface area (Å²) in [5, 5.41) is 0. The molecule has 3 heteroatoms. The molecular formula is C12H23NO2. The third-order valence-corrected chi connectivity index (χ3v) is 3.09. The molecule has 0 bridgehead atoms. The van der Waals surface area contributed by atoms with Gasteiger partial charge in [-0.25, -0.2) is 0 Å². The lowest BCUT2D eigenvalue weighted by atomic mass is 9.96. The topological polar surface area (TPSA) is 52.3 Å². The fourth-order valence-electron chi connectivity index (χ4n) is 2.24. The van der Waals surface area contributed by atoms with Gasteiger partial charge in [0.1, 0.15) is 5.60 Å². The fraction of sp³-hybridized carbons (Fsp3) is 0.917. The molecule has 0 radical (unpaired) electrons. The number of ether oxygens (including phenoxy) is 1. The summed E-state index contributed by atoms with van der Waals surface area (Å²) in [5.74, 6) is 0.280. The lowest BCUT2D eigenvalue weighted by Crippen LogP contribution is -2.38. The van der Waals surface area contributed by atoms with Crippen LogP contribution in [0.15, 0.2) is 0 Å². The zero-order valence-corrected chi connectivity index (χ0v) is 10.2. The van der Waals surface area contributed by atoms with Gasteiger partial charge < -0.3 is 10.5 Å². The van der Waals surface area contributed by atoms with Crippen LogP contribution in [0.1, 0.15) is 47.0 Å². The Morgan fingerprint density at radius 2 is 2.00 bits per heavy atom. The highest BCUT2D eigenvalue weighted by atomic mass is 16.6. The van der Waals surface area contributed by atoms with Crippen LogP contribution in [0.4, 0.5) is 0 Å². The Balaban J connectivity index is 2.55. The Morgan fingerprint density at radius 1 is 1.40 bits per heavy atom. The highest BCUT2D eigenvalue weighted by molar-refractivity contribution is 5.74. The molecule has 0 amide bonds. The first kappa shape index (κ1) is 12.5. The molecule has 0 aromatic rings. The van der Waals surface area contributed by atoms with E-state index in [0.717, 1.165) is 19.3 Å². The van der Waals surface area contributed by atoms with Gasteiger partial charge in [-0.15, -0.1) is 0 Å².